The molecule has 7 N–H and O–H groups in total. The third-order valence-electron chi connectivity index (χ3n) is 10.7. The summed E-state index contributed by atoms with van der Waals surface area (Å²) in [5, 5.41) is 44.9. The van der Waals surface area contributed by atoms with E-state index in [4.69, 9.17) is 24.7 Å². The predicted molar refractivity (Wildman–Crippen MR) is 157 cm³/mol. The van der Waals surface area contributed by atoms with E-state index in [1.54, 1.807) is 55.8 Å². The molecule has 0 bridgehead atoms. The van der Waals surface area contributed by atoms with E-state index >= 15 is 0 Å². The fraction of sp³-hybridized carbons (Fsp3) is 0.967. The Morgan fingerprint density at radius 1 is 0.780 bits per heavy atom. The van der Waals surface area contributed by atoms with Crippen molar-refractivity contribution in [3.8, 4) is 0 Å². The highest BCUT2D eigenvalue weighted by Gasteiger charge is 2.69. The number of hydrogen-bond donors (Lipinski definition) is 6. The quantitative estimate of drug-likeness (QED) is 0.230. The van der Waals surface area contributed by atoms with E-state index in [-0.39, 0.29) is 44.2 Å². The average molecular weight is 593 g/mol. The van der Waals surface area contributed by atoms with Crippen LogP contribution in [0.4, 0.5) is 0 Å². The van der Waals surface area contributed by atoms with Crippen molar-refractivity contribution in [1.82, 2.24) is 5.32 Å². The molecule has 244 valence electrons. The van der Waals surface area contributed by atoms with Crippen molar-refractivity contribution in [1.29, 1.82) is 0 Å². The summed E-state index contributed by atoms with van der Waals surface area (Å²) in [6.45, 7) is 19.5. The molecule has 0 aromatic heterocycles. The molecule has 0 radical (unpaired) electrons. The fourth-order valence-corrected chi connectivity index (χ4v) is 7.81. The molecule has 1 amide bonds. The number of rotatable bonds is 9. The number of ether oxygens (including phenoxy) is 4. The SMILES string of the molecule is CC[C@@H]1C(C)(CO)O[C@@](C)(COC)C(C)(N)[C@]1(C)O.CC[C@@H]1C(C)(CO)O[C@@](C)(COC)C(C)(NC(C)=O)[C@]1(C)O. The molecular weight excluding hydrogens is 532 g/mol. The maximum absolute atomic E-state index is 11.8. The van der Waals surface area contributed by atoms with Crippen LogP contribution in [0, 0.1) is 11.8 Å². The van der Waals surface area contributed by atoms with E-state index in [2.05, 4.69) is 5.32 Å². The van der Waals surface area contributed by atoms with Crippen LogP contribution in [0.25, 0.3) is 0 Å². The van der Waals surface area contributed by atoms with Crippen molar-refractivity contribution in [3.05, 3.63) is 0 Å². The van der Waals surface area contributed by atoms with Crippen molar-refractivity contribution in [2.75, 3.05) is 40.6 Å². The van der Waals surface area contributed by atoms with Gasteiger partial charge in [-0.2, -0.15) is 0 Å². The monoisotopic (exact) mass is 592 g/mol. The normalized spacial score (nSPS) is 48.2. The maximum Gasteiger partial charge on any atom is 0.217 e. The largest absolute Gasteiger partial charge is 0.393 e. The van der Waals surface area contributed by atoms with Crippen LogP contribution < -0.4 is 11.1 Å². The van der Waals surface area contributed by atoms with Crippen LogP contribution in [0.15, 0.2) is 0 Å². The molecule has 0 saturated carbocycles. The zero-order chi connectivity index (χ0) is 32.5. The van der Waals surface area contributed by atoms with Gasteiger partial charge in [0.05, 0.1) is 59.9 Å². The first kappa shape index (κ1) is 38.1. The van der Waals surface area contributed by atoms with Gasteiger partial charge in [0, 0.05) is 33.0 Å². The predicted octanol–water partition coefficient (Wildman–Crippen LogP) is 1.51. The molecule has 2 rings (SSSR count). The number of carbonyl (C=O) groups is 1. The molecular formula is C30H60N2O9. The van der Waals surface area contributed by atoms with E-state index < -0.39 is 44.7 Å². The first-order valence-corrected chi connectivity index (χ1v) is 14.6. The maximum atomic E-state index is 11.8. The lowest BCUT2D eigenvalue weighted by atomic mass is 9.58. The minimum atomic E-state index is -1.30. The molecule has 2 heterocycles. The van der Waals surface area contributed by atoms with Gasteiger partial charge in [0.15, 0.2) is 0 Å². The smallest absolute Gasteiger partial charge is 0.217 e. The van der Waals surface area contributed by atoms with Crippen molar-refractivity contribution in [2.24, 2.45) is 17.6 Å². The van der Waals surface area contributed by atoms with Crippen LogP contribution in [-0.4, -0.2) is 112 Å². The van der Waals surface area contributed by atoms with Crippen molar-refractivity contribution < 1.29 is 44.2 Å². The lowest BCUT2D eigenvalue weighted by Gasteiger charge is -2.65. The van der Waals surface area contributed by atoms with E-state index in [9.17, 15) is 25.2 Å². The highest BCUT2D eigenvalue weighted by atomic mass is 16.6. The van der Waals surface area contributed by atoms with E-state index in [1.807, 2.05) is 27.7 Å². The number of carbonyl (C=O) groups excluding carboxylic acids is 1. The van der Waals surface area contributed by atoms with Crippen molar-refractivity contribution >= 4 is 5.91 Å². The van der Waals surface area contributed by atoms with Crippen molar-refractivity contribution in [3.63, 3.8) is 0 Å². The van der Waals surface area contributed by atoms with Crippen LogP contribution in [0.3, 0.4) is 0 Å². The molecule has 0 spiro atoms. The summed E-state index contributed by atoms with van der Waals surface area (Å²) in [5.74, 6) is -0.868. The molecule has 11 nitrogen and oxygen atoms in total. The van der Waals surface area contributed by atoms with Gasteiger partial charge in [-0.3, -0.25) is 4.79 Å². The van der Waals surface area contributed by atoms with Crippen LogP contribution >= 0.6 is 0 Å². The number of nitrogens with two attached hydrogens (primary N) is 1. The van der Waals surface area contributed by atoms with Gasteiger partial charge in [-0.15, -0.1) is 0 Å². The van der Waals surface area contributed by atoms with E-state index in [1.165, 1.54) is 6.92 Å². The van der Waals surface area contributed by atoms with Crippen LogP contribution in [-0.2, 0) is 23.7 Å². The molecule has 2 saturated heterocycles. The number of aliphatic hydroxyl groups excluding tert-OH is 2. The number of amides is 1. The minimum absolute atomic E-state index is 0.170. The topological polar surface area (TPSA) is 173 Å². The Kier molecular flexibility index (Phi) is 11.7. The Labute approximate surface area is 247 Å². The zero-order valence-corrected chi connectivity index (χ0v) is 27.8. The zero-order valence-electron chi connectivity index (χ0n) is 27.8. The number of nitrogens with one attached hydrogen (secondary N) is 1. The summed E-state index contributed by atoms with van der Waals surface area (Å²) in [6.07, 6.45) is 1.27. The molecule has 0 aromatic carbocycles. The molecule has 2 fully saturated rings. The van der Waals surface area contributed by atoms with E-state index in [0.717, 1.165) is 0 Å². The molecule has 4 unspecified atom stereocenters. The van der Waals surface area contributed by atoms with Crippen LogP contribution in [0.5, 0.6) is 0 Å². The van der Waals surface area contributed by atoms with Gasteiger partial charge in [-0.05, 0) is 68.2 Å². The first-order chi connectivity index (χ1) is 18.5. The second kappa shape index (κ2) is 12.6. The van der Waals surface area contributed by atoms with Gasteiger partial charge in [0.25, 0.3) is 0 Å². The van der Waals surface area contributed by atoms with Crippen LogP contribution in [0.2, 0.25) is 0 Å². The summed E-state index contributed by atoms with van der Waals surface area (Å²) in [6, 6.07) is 0. The first-order valence-electron chi connectivity index (χ1n) is 14.6. The number of methoxy groups -OCH3 is 2. The van der Waals surface area contributed by atoms with Crippen LogP contribution in [0.1, 0.15) is 89.0 Å². The summed E-state index contributed by atoms with van der Waals surface area (Å²) >= 11 is 0. The Morgan fingerprint density at radius 2 is 1.15 bits per heavy atom. The lowest BCUT2D eigenvalue weighted by Crippen LogP contribution is -2.83. The molecule has 41 heavy (non-hydrogen) atoms. The third-order valence-corrected chi connectivity index (χ3v) is 10.7. The molecule has 10 atom stereocenters. The fourth-order valence-electron chi connectivity index (χ4n) is 7.81. The second-order valence-electron chi connectivity index (χ2n) is 13.7. The number of aliphatic hydroxyl groups is 4. The van der Waals surface area contributed by atoms with Gasteiger partial charge in [-0.25, -0.2) is 0 Å². The van der Waals surface area contributed by atoms with Gasteiger partial charge in [-0.1, -0.05) is 13.8 Å². The van der Waals surface area contributed by atoms with Crippen molar-refractivity contribution in [2.45, 2.75) is 134 Å². The summed E-state index contributed by atoms with van der Waals surface area (Å²) in [5.41, 5.74) is -1.76. The highest BCUT2D eigenvalue weighted by molar-refractivity contribution is 5.74. The van der Waals surface area contributed by atoms with Gasteiger partial charge in [0.2, 0.25) is 5.91 Å². The van der Waals surface area contributed by atoms with Gasteiger partial charge < -0.3 is 50.4 Å². The summed E-state index contributed by atoms with van der Waals surface area (Å²) in [7, 11) is 3.11. The van der Waals surface area contributed by atoms with Gasteiger partial charge >= 0.3 is 0 Å². The Balaban J connectivity index is 0.000000414. The molecule has 0 aliphatic carbocycles. The van der Waals surface area contributed by atoms with E-state index in [0.29, 0.717) is 12.8 Å². The Hall–Kier alpha value is -0.890. The van der Waals surface area contributed by atoms with Gasteiger partial charge in [0.1, 0.15) is 11.2 Å². The molecule has 0 aromatic rings. The Morgan fingerprint density at radius 3 is 1.49 bits per heavy atom. The standard InChI is InChI=1S/C16H31NO5.C14H29NO4/c1-8-12-13(3,9-18)22-14(4,10-21-7)16(6,15(12,5)20)17-11(2)19;1-7-10-11(2,8-16)19-12(3,9-18-6)14(5,15)13(10,4)17/h12,18,20H,8-10H2,1-7H3,(H,17,19);10,16-17H,7-9,15H2,1-6H3/t12-,13?,14+,15-,16?;10-,11?,12+,13-,14?/m11/s1. The number of hydrogen-bond acceptors (Lipinski definition) is 10. The highest BCUT2D eigenvalue weighted by Crippen LogP contribution is 2.53. The summed E-state index contributed by atoms with van der Waals surface area (Å²) < 4.78 is 22.9. The minimum Gasteiger partial charge on any atom is -0.393 e. The summed E-state index contributed by atoms with van der Waals surface area (Å²) in [4.78, 5) is 11.8. The second-order valence-corrected chi connectivity index (χ2v) is 13.7. The lowest BCUT2D eigenvalue weighted by molar-refractivity contribution is -0.324. The molecule has 2 aliphatic rings. The average Bonchev–Trinajstić information content (AvgIpc) is 2.82. The molecule has 11 heteroatoms. The Bertz CT molecular complexity index is 886. The molecule has 2 aliphatic heterocycles. The third kappa shape index (κ3) is 6.08.